The van der Waals surface area contributed by atoms with Crippen LogP contribution in [0.5, 0.6) is 5.75 Å². The molecule has 5 nitrogen and oxygen atoms in total. The van der Waals surface area contributed by atoms with Gasteiger partial charge in [0.05, 0.1) is 12.1 Å². The van der Waals surface area contributed by atoms with Crippen molar-refractivity contribution in [2.75, 3.05) is 4.90 Å². The van der Waals surface area contributed by atoms with E-state index in [0.29, 0.717) is 17.9 Å². The summed E-state index contributed by atoms with van der Waals surface area (Å²) in [5.74, 6) is 1.08. The fraction of sp³-hybridized carbons (Fsp3) is 0.154. The van der Waals surface area contributed by atoms with Gasteiger partial charge >= 0.3 is 0 Å². The van der Waals surface area contributed by atoms with Gasteiger partial charge in [0.2, 0.25) is 0 Å². The second-order valence-corrected chi connectivity index (χ2v) is 7.38. The lowest BCUT2D eigenvalue weighted by Crippen LogP contribution is -2.31. The van der Waals surface area contributed by atoms with Crippen LogP contribution in [0.2, 0.25) is 0 Å². The first-order valence-corrected chi connectivity index (χ1v) is 10.2. The van der Waals surface area contributed by atoms with Crippen LogP contribution in [0.15, 0.2) is 89.5 Å². The SMILES string of the molecule is Cc1ccc(OCc2c(C(=O)N(Cc3ccccc3)c3ccccc3)noc2C)cc1. The molecule has 0 N–H and O–H groups in total. The molecule has 1 amide bonds. The van der Waals surface area contributed by atoms with Crippen LogP contribution in [0.3, 0.4) is 0 Å². The molecule has 0 aliphatic heterocycles. The maximum Gasteiger partial charge on any atom is 0.281 e. The summed E-state index contributed by atoms with van der Waals surface area (Å²) in [5, 5.41) is 4.08. The summed E-state index contributed by atoms with van der Waals surface area (Å²) in [6.07, 6.45) is 0. The Kier molecular flexibility index (Phi) is 6.13. The van der Waals surface area contributed by atoms with Crippen molar-refractivity contribution in [1.29, 1.82) is 0 Å². The molecule has 156 valence electrons. The Morgan fingerprint density at radius 3 is 2.23 bits per heavy atom. The van der Waals surface area contributed by atoms with E-state index in [9.17, 15) is 4.79 Å². The summed E-state index contributed by atoms with van der Waals surface area (Å²) >= 11 is 0. The van der Waals surface area contributed by atoms with Crippen molar-refractivity contribution in [3.8, 4) is 5.75 Å². The molecule has 31 heavy (non-hydrogen) atoms. The fourth-order valence-corrected chi connectivity index (χ4v) is 3.30. The number of ether oxygens (including phenoxy) is 1. The van der Waals surface area contributed by atoms with Gasteiger partial charge < -0.3 is 14.2 Å². The first-order valence-electron chi connectivity index (χ1n) is 10.2. The lowest BCUT2D eigenvalue weighted by Gasteiger charge is -2.22. The molecule has 0 unspecified atom stereocenters. The van der Waals surface area contributed by atoms with Gasteiger partial charge in [-0.3, -0.25) is 4.79 Å². The minimum absolute atomic E-state index is 0.202. The number of nitrogens with zero attached hydrogens (tertiary/aromatic N) is 2. The number of benzene rings is 3. The highest BCUT2D eigenvalue weighted by Gasteiger charge is 2.26. The summed E-state index contributed by atoms with van der Waals surface area (Å²) < 4.78 is 11.3. The molecule has 0 saturated heterocycles. The largest absolute Gasteiger partial charge is 0.489 e. The summed E-state index contributed by atoms with van der Waals surface area (Å²) in [4.78, 5) is 15.3. The number of amides is 1. The van der Waals surface area contributed by atoms with E-state index < -0.39 is 0 Å². The molecule has 0 fully saturated rings. The van der Waals surface area contributed by atoms with E-state index in [1.807, 2.05) is 91.9 Å². The first-order chi connectivity index (χ1) is 15.1. The van der Waals surface area contributed by atoms with Crippen molar-refractivity contribution in [2.24, 2.45) is 0 Å². The van der Waals surface area contributed by atoms with Crippen molar-refractivity contribution >= 4 is 11.6 Å². The van der Waals surface area contributed by atoms with Crippen LogP contribution < -0.4 is 9.64 Å². The van der Waals surface area contributed by atoms with Crippen molar-refractivity contribution in [2.45, 2.75) is 27.0 Å². The van der Waals surface area contributed by atoms with Gasteiger partial charge in [-0.25, -0.2) is 0 Å². The molecule has 1 aromatic heterocycles. The zero-order valence-corrected chi connectivity index (χ0v) is 17.6. The van der Waals surface area contributed by atoms with Crippen LogP contribution in [0.25, 0.3) is 0 Å². The predicted molar refractivity (Wildman–Crippen MR) is 120 cm³/mol. The molecular weight excluding hydrogens is 388 g/mol. The maximum atomic E-state index is 13.6. The van der Waals surface area contributed by atoms with Crippen LogP contribution in [-0.4, -0.2) is 11.1 Å². The second-order valence-electron chi connectivity index (χ2n) is 7.38. The van der Waals surface area contributed by atoms with Gasteiger partial charge in [0.15, 0.2) is 5.69 Å². The minimum Gasteiger partial charge on any atom is -0.489 e. The molecule has 0 aliphatic carbocycles. The van der Waals surface area contributed by atoms with E-state index in [1.165, 1.54) is 0 Å². The molecule has 4 rings (SSSR count). The Balaban J connectivity index is 1.62. The first kappa shape index (κ1) is 20.4. The van der Waals surface area contributed by atoms with Crippen molar-refractivity contribution < 1.29 is 14.1 Å². The fourth-order valence-electron chi connectivity index (χ4n) is 3.30. The van der Waals surface area contributed by atoms with Gasteiger partial charge in [-0.15, -0.1) is 0 Å². The van der Waals surface area contributed by atoms with E-state index in [-0.39, 0.29) is 18.2 Å². The van der Waals surface area contributed by atoms with Gasteiger partial charge in [-0.1, -0.05) is 71.4 Å². The van der Waals surface area contributed by atoms with Gasteiger partial charge in [0.25, 0.3) is 5.91 Å². The van der Waals surface area contributed by atoms with Crippen LogP contribution in [0.1, 0.15) is 32.9 Å². The van der Waals surface area contributed by atoms with Crippen LogP contribution in [0.4, 0.5) is 5.69 Å². The summed E-state index contributed by atoms with van der Waals surface area (Å²) in [5.41, 5.74) is 3.90. The lowest BCUT2D eigenvalue weighted by atomic mass is 10.1. The topological polar surface area (TPSA) is 55.6 Å². The molecule has 0 atom stereocenters. The average molecular weight is 412 g/mol. The molecular formula is C26H24N2O3. The van der Waals surface area contributed by atoms with Gasteiger partial charge in [-0.2, -0.15) is 0 Å². The Bertz CT molecular complexity index is 1140. The van der Waals surface area contributed by atoms with E-state index in [2.05, 4.69) is 5.16 Å². The molecule has 0 aliphatic rings. The number of carbonyl (C=O) groups excluding carboxylic acids is 1. The van der Waals surface area contributed by atoms with E-state index in [0.717, 1.165) is 22.6 Å². The Morgan fingerprint density at radius 1 is 0.903 bits per heavy atom. The van der Waals surface area contributed by atoms with E-state index in [1.54, 1.807) is 11.8 Å². The standard InChI is InChI=1S/C26H24N2O3/c1-19-13-15-23(16-14-19)30-18-24-20(2)31-27-25(24)26(29)28(22-11-7-4-8-12-22)17-21-9-5-3-6-10-21/h3-16H,17-18H2,1-2H3. The number of hydrogen-bond acceptors (Lipinski definition) is 4. The number of aryl methyl sites for hydroxylation is 2. The quantitative estimate of drug-likeness (QED) is 0.390. The number of carbonyl (C=O) groups is 1. The Morgan fingerprint density at radius 2 is 1.55 bits per heavy atom. The molecule has 0 radical (unpaired) electrons. The smallest absolute Gasteiger partial charge is 0.281 e. The van der Waals surface area contributed by atoms with Gasteiger partial charge in [-0.05, 0) is 43.7 Å². The monoisotopic (exact) mass is 412 g/mol. The van der Waals surface area contributed by atoms with Gasteiger partial charge in [0, 0.05) is 5.69 Å². The van der Waals surface area contributed by atoms with Crippen molar-refractivity contribution in [1.82, 2.24) is 5.16 Å². The third-order valence-electron chi connectivity index (χ3n) is 5.09. The van der Waals surface area contributed by atoms with Crippen molar-refractivity contribution in [3.63, 3.8) is 0 Å². The summed E-state index contributed by atoms with van der Waals surface area (Å²) in [6, 6.07) is 27.2. The summed E-state index contributed by atoms with van der Waals surface area (Å²) in [7, 11) is 0. The highest BCUT2D eigenvalue weighted by Crippen LogP contribution is 2.24. The summed E-state index contributed by atoms with van der Waals surface area (Å²) in [6.45, 7) is 4.44. The lowest BCUT2D eigenvalue weighted by molar-refractivity contribution is 0.0974. The van der Waals surface area contributed by atoms with Crippen molar-refractivity contribution in [3.05, 3.63) is 113 Å². The number of rotatable bonds is 7. The minimum atomic E-state index is -0.227. The van der Waals surface area contributed by atoms with Gasteiger partial charge in [0.1, 0.15) is 18.1 Å². The Hall–Kier alpha value is -3.86. The molecule has 5 heteroatoms. The highest BCUT2D eigenvalue weighted by molar-refractivity contribution is 6.05. The predicted octanol–water partition coefficient (Wildman–Crippen LogP) is 5.72. The number of para-hydroxylation sites is 1. The molecule has 4 aromatic rings. The molecule has 0 saturated carbocycles. The zero-order valence-electron chi connectivity index (χ0n) is 17.6. The average Bonchev–Trinajstić information content (AvgIpc) is 3.18. The van der Waals surface area contributed by atoms with E-state index in [4.69, 9.17) is 9.26 Å². The number of anilines is 1. The number of aromatic nitrogens is 1. The van der Waals surface area contributed by atoms with Crippen LogP contribution in [0, 0.1) is 13.8 Å². The van der Waals surface area contributed by atoms with Crippen LogP contribution in [-0.2, 0) is 13.2 Å². The zero-order chi connectivity index (χ0) is 21.6. The third-order valence-corrected chi connectivity index (χ3v) is 5.09. The van der Waals surface area contributed by atoms with E-state index >= 15 is 0 Å². The molecule has 1 heterocycles. The molecule has 0 bridgehead atoms. The molecule has 0 spiro atoms. The normalized spacial score (nSPS) is 10.6. The second kappa shape index (κ2) is 9.30. The Labute approximate surface area is 181 Å². The maximum absolute atomic E-state index is 13.6. The van der Waals surface area contributed by atoms with Crippen LogP contribution >= 0.6 is 0 Å². The highest BCUT2D eigenvalue weighted by atomic mass is 16.5. The number of hydrogen-bond donors (Lipinski definition) is 0. The molecule has 3 aromatic carbocycles. The third kappa shape index (κ3) is 4.83.